The van der Waals surface area contributed by atoms with Gasteiger partial charge in [0.2, 0.25) is 0 Å². The number of piperidine rings is 1. The van der Waals surface area contributed by atoms with E-state index in [0.29, 0.717) is 32.0 Å². The van der Waals surface area contributed by atoms with Gasteiger partial charge in [-0.1, -0.05) is 0 Å². The lowest BCUT2D eigenvalue weighted by Gasteiger charge is -2.32. The van der Waals surface area contributed by atoms with E-state index >= 15 is 0 Å². The molecule has 0 unspecified atom stereocenters. The monoisotopic (exact) mass is 276 g/mol. The number of hydrogen-bond donors (Lipinski definition) is 1. The summed E-state index contributed by atoms with van der Waals surface area (Å²) in [6.45, 7) is 1.12. The van der Waals surface area contributed by atoms with E-state index in [9.17, 15) is 13.2 Å². The molecule has 1 N–H and O–H groups in total. The van der Waals surface area contributed by atoms with Gasteiger partial charge in [0.15, 0.2) is 17.5 Å². The quantitative estimate of drug-likeness (QED) is 0.846. The van der Waals surface area contributed by atoms with Crippen LogP contribution in [0, 0.1) is 17.6 Å². The van der Waals surface area contributed by atoms with Crippen molar-refractivity contribution in [3.8, 4) is 0 Å². The van der Waals surface area contributed by atoms with Gasteiger partial charge in [-0.3, -0.25) is 0 Å². The van der Waals surface area contributed by atoms with Gasteiger partial charge in [-0.2, -0.15) is 9.37 Å². The highest BCUT2D eigenvalue weighted by Gasteiger charge is 2.24. The molecule has 0 aliphatic carbocycles. The number of ether oxygens (including phenoxy) is 1. The van der Waals surface area contributed by atoms with Gasteiger partial charge in [0.1, 0.15) is 0 Å². The maximum atomic E-state index is 13.5. The Labute approximate surface area is 108 Å². The first-order valence-electron chi connectivity index (χ1n) is 6.10. The molecule has 106 valence electrons. The van der Waals surface area contributed by atoms with Crippen LogP contribution in [0.1, 0.15) is 12.8 Å². The van der Waals surface area contributed by atoms with Gasteiger partial charge in [0.05, 0.1) is 19.3 Å². The van der Waals surface area contributed by atoms with E-state index in [2.05, 4.69) is 4.98 Å². The van der Waals surface area contributed by atoms with Crippen molar-refractivity contribution in [2.24, 2.45) is 0 Å². The summed E-state index contributed by atoms with van der Waals surface area (Å²) in [5, 5.41) is 8.65. The van der Waals surface area contributed by atoms with E-state index in [1.165, 1.54) is 0 Å². The maximum absolute atomic E-state index is 13.5. The van der Waals surface area contributed by atoms with Gasteiger partial charge in [-0.25, -0.2) is 8.78 Å². The standard InChI is InChI=1S/C12H15F3N2O2/c13-9-7-10(14)12(16-11(9)15)17-3-1-8(2-4-17)19-6-5-18/h7-8,18H,1-6H2. The molecule has 1 saturated heterocycles. The molecule has 7 heteroatoms. The minimum absolute atomic E-state index is 0.00300. The molecule has 2 heterocycles. The van der Waals surface area contributed by atoms with Crippen molar-refractivity contribution in [1.29, 1.82) is 0 Å². The van der Waals surface area contributed by atoms with Gasteiger partial charge < -0.3 is 14.7 Å². The normalized spacial score (nSPS) is 16.9. The summed E-state index contributed by atoms with van der Waals surface area (Å²) in [7, 11) is 0. The summed E-state index contributed by atoms with van der Waals surface area (Å²) in [6.07, 6.45) is 1.25. The number of aliphatic hydroxyl groups excluding tert-OH is 1. The van der Waals surface area contributed by atoms with Crippen LogP contribution >= 0.6 is 0 Å². The molecule has 0 bridgehead atoms. The molecule has 0 radical (unpaired) electrons. The molecular weight excluding hydrogens is 261 g/mol. The minimum Gasteiger partial charge on any atom is -0.394 e. The lowest BCUT2D eigenvalue weighted by atomic mass is 10.1. The van der Waals surface area contributed by atoms with Crippen LogP contribution in [0.3, 0.4) is 0 Å². The zero-order chi connectivity index (χ0) is 13.8. The zero-order valence-electron chi connectivity index (χ0n) is 10.3. The average molecular weight is 276 g/mol. The van der Waals surface area contributed by atoms with Crippen molar-refractivity contribution >= 4 is 5.82 Å². The van der Waals surface area contributed by atoms with Crippen molar-refractivity contribution in [3.05, 3.63) is 23.6 Å². The molecule has 1 fully saturated rings. The van der Waals surface area contributed by atoms with Crippen molar-refractivity contribution in [3.63, 3.8) is 0 Å². The molecule has 19 heavy (non-hydrogen) atoms. The highest BCUT2D eigenvalue weighted by molar-refractivity contribution is 5.40. The van der Waals surface area contributed by atoms with E-state index in [1.807, 2.05) is 0 Å². The van der Waals surface area contributed by atoms with Gasteiger partial charge in [-0.05, 0) is 12.8 Å². The molecule has 2 rings (SSSR count). The van der Waals surface area contributed by atoms with E-state index in [-0.39, 0.29) is 25.1 Å². The molecule has 0 aromatic carbocycles. The molecule has 1 aliphatic heterocycles. The summed E-state index contributed by atoms with van der Waals surface area (Å²) in [6, 6.07) is 0.506. The Bertz CT molecular complexity index is 437. The maximum Gasteiger partial charge on any atom is 0.251 e. The van der Waals surface area contributed by atoms with Crippen molar-refractivity contribution in [2.75, 3.05) is 31.2 Å². The molecule has 1 aliphatic rings. The lowest BCUT2D eigenvalue weighted by Crippen LogP contribution is -2.38. The number of aliphatic hydroxyl groups is 1. The summed E-state index contributed by atoms with van der Waals surface area (Å²) < 4.78 is 44.7. The predicted molar refractivity (Wildman–Crippen MR) is 62.4 cm³/mol. The second kappa shape index (κ2) is 6.21. The number of hydrogen-bond acceptors (Lipinski definition) is 4. The topological polar surface area (TPSA) is 45.6 Å². The number of anilines is 1. The number of aromatic nitrogens is 1. The largest absolute Gasteiger partial charge is 0.394 e. The fourth-order valence-corrected chi connectivity index (χ4v) is 2.11. The Morgan fingerprint density at radius 1 is 1.26 bits per heavy atom. The summed E-state index contributed by atoms with van der Waals surface area (Å²) in [5.74, 6) is -3.62. The molecule has 1 aromatic heterocycles. The van der Waals surface area contributed by atoms with Crippen LogP contribution < -0.4 is 4.90 Å². The highest BCUT2D eigenvalue weighted by atomic mass is 19.2. The Morgan fingerprint density at radius 2 is 1.95 bits per heavy atom. The van der Waals surface area contributed by atoms with Crippen molar-refractivity contribution < 1.29 is 23.0 Å². The van der Waals surface area contributed by atoms with Crippen LogP contribution in [0.25, 0.3) is 0 Å². The van der Waals surface area contributed by atoms with Gasteiger partial charge in [0, 0.05) is 19.2 Å². The summed E-state index contributed by atoms with van der Waals surface area (Å²) in [4.78, 5) is 4.88. The Hall–Kier alpha value is -1.34. The average Bonchev–Trinajstić information content (AvgIpc) is 2.41. The molecule has 0 atom stereocenters. The van der Waals surface area contributed by atoms with Crippen LogP contribution in [0.4, 0.5) is 19.0 Å². The van der Waals surface area contributed by atoms with Gasteiger partial charge in [0.25, 0.3) is 5.95 Å². The first kappa shape index (κ1) is 14.1. The minimum atomic E-state index is -1.30. The molecule has 1 aromatic rings. The van der Waals surface area contributed by atoms with E-state index < -0.39 is 17.6 Å². The molecule has 0 amide bonds. The highest BCUT2D eigenvalue weighted by Crippen LogP contribution is 2.23. The van der Waals surface area contributed by atoms with E-state index in [1.54, 1.807) is 4.90 Å². The van der Waals surface area contributed by atoms with Gasteiger partial charge in [-0.15, -0.1) is 0 Å². The molecule has 0 spiro atoms. The van der Waals surface area contributed by atoms with Crippen LogP contribution in [-0.2, 0) is 4.74 Å². The fraction of sp³-hybridized carbons (Fsp3) is 0.583. The van der Waals surface area contributed by atoms with Crippen LogP contribution in [-0.4, -0.2) is 42.5 Å². The second-order valence-electron chi connectivity index (χ2n) is 4.35. The van der Waals surface area contributed by atoms with Gasteiger partial charge >= 0.3 is 0 Å². The van der Waals surface area contributed by atoms with Crippen LogP contribution in [0.15, 0.2) is 6.07 Å². The first-order valence-corrected chi connectivity index (χ1v) is 6.10. The molecule has 4 nitrogen and oxygen atoms in total. The smallest absolute Gasteiger partial charge is 0.251 e. The molecular formula is C12H15F3N2O2. The third-order valence-corrected chi connectivity index (χ3v) is 3.05. The van der Waals surface area contributed by atoms with E-state index in [4.69, 9.17) is 9.84 Å². The Balaban J connectivity index is 1.99. The summed E-state index contributed by atoms with van der Waals surface area (Å²) >= 11 is 0. The Morgan fingerprint density at radius 3 is 2.58 bits per heavy atom. The molecule has 0 saturated carbocycles. The van der Waals surface area contributed by atoms with E-state index in [0.717, 1.165) is 0 Å². The van der Waals surface area contributed by atoms with Crippen LogP contribution in [0.5, 0.6) is 0 Å². The Kier molecular flexibility index (Phi) is 4.60. The first-order chi connectivity index (χ1) is 9.11. The fourth-order valence-electron chi connectivity index (χ4n) is 2.11. The van der Waals surface area contributed by atoms with Crippen LogP contribution in [0.2, 0.25) is 0 Å². The SMILES string of the molecule is OCCOC1CCN(c2nc(F)c(F)cc2F)CC1. The zero-order valence-corrected chi connectivity index (χ0v) is 10.3. The lowest BCUT2D eigenvalue weighted by molar-refractivity contribution is 0.0157. The third-order valence-electron chi connectivity index (χ3n) is 3.05. The third kappa shape index (κ3) is 3.36. The van der Waals surface area contributed by atoms with Crippen molar-refractivity contribution in [2.45, 2.75) is 18.9 Å². The summed E-state index contributed by atoms with van der Waals surface area (Å²) in [5.41, 5.74) is 0. The number of pyridine rings is 1. The number of nitrogens with zero attached hydrogens (tertiary/aromatic N) is 2. The van der Waals surface area contributed by atoms with Crippen molar-refractivity contribution in [1.82, 2.24) is 4.98 Å². The predicted octanol–water partition coefficient (Wildman–Crippen LogP) is 1.48. The number of rotatable bonds is 4. The second-order valence-corrected chi connectivity index (χ2v) is 4.35. The number of halogens is 3.